The Morgan fingerprint density at radius 2 is 1.28 bits per heavy atom. The minimum Gasteiger partial charge on any atom is -0.301 e. The molecule has 0 aromatic rings. The van der Waals surface area contributed by atoms with Crippen molar-refractivity contribution in [3.63, 3.8) is 0 Å². The molecular weight excluding hydrogens is 242 g/mol. The van der Waals surface area contributed by atoms with Crippen LogP contribution in [-0.2, 0) is 0 Å². The normalized spacial score (nSPS) is 11.7. The second kappa shape index (κ2) is 13.7. The fourth-order valence-electron chi connectivity index (χ4n) is 2.34. The summed E-state index contributed by atoms with van der Waals surface area (Å²) in [6.45, 7) is 9.28. The van der Waals surface area contributed by atoms with E-state index in [1.54, 1.807) is 0 Å². The second-order valence-electron chi connectivity index (χ2n) is 5.65. The van der Waals surface area contributed by atoms with Gasteiger partial charge in [0, 0.05) is 11.9 Å². The highest BCUT2D eigenvalue weighted by Gasteiger charge is 2.07. The molecule has 0 N–H and O–H groups in total. The van der Waals surface area contributed by atoms with E-state index in [2.05, 4.69) is 25.7 Å². The Kier molecular flexibility index (Phi) is 13.9. The molecule has 0 aliphatic heterocycles. The van der Waals surface area contributed by atoms with E-state index in [0.29, 0.717) is 6.04 Å². The van der Waals surface area contributed by atoms with E-state index in [0.717, 1.165) is 18.8 Å². The van der Waals surface area contributed by atoms with E-state index >= 15 is 0 Å². The molecule has 0 heterocycles. The lowest BCUT2D eigenvalue weighted by Crippen LogP contribution is -2.33. The lowest BCUT2D eigenvalue weighted by atomic mass is 10.1. The van der Waals surface area contributed by atoms with Gasteiger partial charge in [-0.25, -0.2) is 0 Å². The van der Waals surface area contributed by atoms with Crippen LogP contribution in [0.1, 0.15) is 78.6 Å². The quantitative estimate of drug-likeness (QED) is 0.318. The summed E-state index contributed by atoms with van der Waals surface area (Å²) in [4.78, 5) is 2.57. The fraction of sp³-hybridized carbons (Fsp3) is 1.00. The third-order valence-corrected chi connectivity index (χ3v) is 3.88. The van der Waals surface area contributed by atoms with Gasteiger partial charge in [0.1, 0.15) is 0 Å². The third-order valence-electron chi connectivity index (χ3n) is 3.61. The Hall–Kier alpha value is 0.250. The lowest BCUT2D eigenvalue weighted by Gasteiger charge is -2.26. The van der Waals surface area contributed by atoms with Gasteiger partial charge in [0.15, 0.2) is 0 Å². The number of alkyl halides is 1. The second-order valence-corrected chi connectivity index (χ2v) is 6.03. The minimum atomic E-state index is 0.665. The van der Waals surface area contributed by atoms with Crippen LogP contribution in [-0.4, -0.2) is 29.9 Å². The number of unbranched alkanes of at least 4 members (excludes halogenated alkanes) is 7. The zero-order valence-electron chi connectivity index (χ0n) is 12.9. The van der Waals surface area contributed by atoms with E-state index in [-0.39, 0.29) is 0 Å². The molecule has 0 saturated carbocycles. The maximum absolute atomic E-state index is 5.77. The van der Waals surface area contributed by atoms with E-state index < -0.39 is 0 Å². The van der Waals surface area contributed by atoms with Crippen molar-refractivity contribution in [2.24, 2.45) is 0 Å². The SMILES string of the molecule is CCCCCCCCCCN(CCCCl)C(C)C. The Bertz CT molecular complexity index is 159. The van der Waals surface area contributed by atoms with Crippen LogP contribution in [0, 0.1) is 0 Å². The van der Waals surface area contributed by atoms with Gasteiger partial charge in [-0.15, -0.1) is 11.6 Å². The van der Waals surface area contributed by atoms with Crippen molar-refractivity contribution in [1.29, 1.82) is 0 Å². The molecule has 0 aromatic heterocycles. The van der Waals surface area contributed by atoms with Crippen molar-refractivity contribution in [3.05, 3.63) is 0 Å². The summed E-state index contributed by atoms with van der Waals surface area (Å²) in [5.41, 5.74) is 0. The summed E-state index contributed by atoms with van der Waals surface area (Å²) < 4.78 is 0. The Labute approximate surface area is 120 Å². The van der Waals surface area contributed by atoms with Gasteiger partial charge in [0.05, 0.1) is 0 Å². The molecule has 0 aliphatic rings. The van der Waals surface area contributed by atoms with Crippen molar-refractivity contribution >= 4 is 11.6 Å². The molecule has 0 amide bonds. The number of halogens is 1. The predicted octanol–water partition coefficient (Wildman–Crippen LogP) is 5.47. The molecule has 0 fully saturated rings. The summed E-state index contributed by atoms with van der Waals surface area (Å²) in [7, 11) is 0. The third kappa shape index (κ3) is 11.3. The van der Waals surface area contributed by atoms with Crippen LogP contribution < -0.4 is 0 Å². The highest BCUT2D eigenvalue weighted by atomic mass is 35.5. The van der Waals surface area contributed by atoms with Gasteiger partial charge in [0.2, 0.25) is 0 Å². The molecule has 0 bridgehead atoms. The van der Waals surface area contributed by atoms with Crippen LogP contribution in [0.15, 0.2) is 0 Å². The molecule has 2 heteroatoms. The van der Waals surface area contributed by atoms with Gasteiger partial charge < -0.3 is 4.90 Å². The monoisotopic (exact) mass is 275 g/mol. The fourth-order valence-corrected chi connectivity index (χ4v) is 2.46. The predicted molar refractivity (Wildman–Crippen MR) is 84.7 cm³/mol. The maximum Gasteiger partial charge on any atom is 0.0235 e. The Balaban J connectivity index is 3.37. The number of hydrogen-bond acceptors (Lipinski definition) is 1. The van der Waals surface area contributed by atoms with Crippen LogP contribution >= 0.6 is 11.6 Å². The summed E-state index contributed by atoms with van der Waals surface area (Å²) in [6.07, 6.45) is 12.4. The van der Waals surface area contributed by atoms with Crippen LogP contribution in [0.2, 0.25) is 0 Å². The van der Waals surface area contributed by atoms with E-state index in [1.165, 1.54) is 57.9 Å². The summed E-state index contributed by atoms with van der Waals surface area (Å²) in [6, 6.07) is 0.665. The average molecular weight is 276 g/mol. The first kappa shape index (κ1) is 18.2. The van der Waals surface area contributed by atoms with Crippen LogP contribution in [0.5, 0.6) is 0 Å². The highest BCUT2D eigenvalue weighted by Crippen LogP contribution is 2.10. The summed E-state index contributed by atoms with van der Waals surface area (Å²) >= 11 is 5.77. The topological polar surface area (TPSA) is 3.24 Å². The van der Waals surface area contributed by atoms with E-state index in [9.17, 15) is 0 Å². The van der Waals surface area contributed by atoms with Gasteiger partial charge >= 0.3 is 0 Å². The van der Waals surface area contributed by atoms with Gasteiger partial charge in [-0.05, 0) is 39.8 Å². The Morgan fingerprint density at radius 1 is 0.778 bits per heavy atom. The van der Waals surface area contributed by atoms with Crippen molar-refractivity contribution < 1.29 is 0 Å². The standard InChI is InChI=1S/C16H34ClN/c1-4-5-6-7-8-9-10-11-14-18(16(2)3)15-12-13-17/h16H,4-15H2,1-3H3. The molecule has 18 heavy (non-hydrogen) atoms. The molecule has 0 rings (SSSR count). The molecule has 0 atom stereocenters. The molecule has 0 aromatic carbocycles. The largest absolute Gasteiger partial charge is 0.301 e. The van der Waals surface area contributed by atoms with Crippen LogP contribution in [0.4, 0.5) is 0 Å². The molecule has 0 radical (unpaired) electrons. The molecular formula is C16H34ClN. The first-order valence-electron chi connectivity index (χ1n) is 8.02. The van der Waals surface area contributed by atoms with E-state index in [4.69, 9.17) is 11.6 Å². The lowest BCUT2D eigenvalue weighted by molar-refractivity contribution is 0.217. The highest BCUT2D eigenvalue weighted by molar-refractivity contribution is 6.17. The molecule has 0 aliphatic carbocycles. The number of nitrogens with zero attached hydrogens (tertiary/aromatic N) is 1. The molecule has 0 spiro atoms. The van der Waals surface area contributed by atoms with Crippen LogP contribution in [0.25, 0.3) is 0 Å². The van der Waals surface area contributed by atoms with Crippen molar-refractivity contribution in [3.8, 4) is 0 Å². The minimum absolute atomic E-state index is 0.665. The average Bonchev–Trinajstić information content (AvgIpc) is 2.35. The van der Waals surface area contributed by atoms with Crippen molar-refractivity contribution in [2.45, 2.75) is 84.6 Å². The summed E-state index contributed by atoms with van der Waals surface area (Å²) in [5.74, 6) is 0.792. The molecule has 110 valence electrons. The molecule has 0 unspecified atom stereocenters. The van der Waals surface area contributed by atoms with Crippen LogP contribution in [0.3, 0.4) is 0 Å². The van der Waals surface area contributed by atoms with Gasteiger partial charge in [0.25, 0.3) is 0 Å². The number of rotatable bonds is 13. The smallest absolute Gasteiger partial charge is 0.0235 e. The first-order chi connectivity index (χ1) is 8.72. The maximum atomic E-state index is 5.77. The Morgan fingerprint density at radius 3 is 1.78 bits per heavy atom. The van der Waals surface area contributed by atoms with Gasteiger partial charge in [-0.1, -0.05) is 51.9 Å². The zero-order chi connectivity index (χ0) is 13.6. The molecule has 0 saturated heterocycles. The van der Waals surface area contributed by atoms with Crippen molar-refractivity contribution in [2.75, 3.05) is 19.0 Å². The van der Waals surface area contributed by atoms with Gasteiger partial charge in [-0.3, -0.25) is 0 Å². The molecule has 1 nitrogen and oxygen atoms in total. The first-order valence-corrected chi connectivity index (χ1v) is 8.55. The zero-order valence-corrected chi connectivity index (χ0v) is 13.6. The van der Waals surface area contributed by atoms with Gasteiger partial charge in [-0.2, -0.15) is 0 Å². The van der Waals surface area contributed by atoms with E-state index in [1.807, 2.05) is 0 Å². The summed E-state index contributed by atoms with van der Waals surface area (Å²) in [5, 5.41) is 0. The number of hydrogen-bond donors (Lipinski definition) is 0. The van der Waals surface area contributed by atoms with Crippen molar-refractivity contribution in [1.82, 2.24) is 4.90 Å².